The van der Waals surface area contributed by atoms with E-state index in [1.165, 1.54) is 19.2 Å². The summed E-state index contributed by atoms with van der Waals surface area (Å²) in [6.07, 6.45) is 0. The number of ketones is 1. The number of nitrogens with zero attached hydrogens (tertiary/aromatic N) is 2. The highest BCUT2D eigenvalue weighted by Crippen LogP contribution is 2.00. The van der Waals surface area contributed by atoms with Gasteiger partial charge in [0, 0.05) is 17.7 Å². The van der Waals surface area contributed by atoms with E-state index in [1.807, 2.05) is 6.07 Å². The van der Waals surface area contributed by atoms with Crippen molar-refractivity contribution in [3.8, 4) is 5.88 Å². The predicted octanol–water partition coefficient (Wildman–Crippen LogP) is 0.563. The minimum absolute atomic E-state index is 0.228. The molecule has 0 aliphatic carbocycles. The highest BCUT2D eigenvalue weighted by atomic mass is 16.7. The first kappa shape index (κ1) is 12.8. The molecule has 1 heterocycles. The highest BCUT2D eigenvalue weighted by molar-refractivity contribution is 5.97. The first-order chi connectivity index (χ1) is 9.20. The van der Waals surface area contributed by atoms with Crippen LogP contribution in [0.3, 0.4) is 0 Å². The predicted molar refractivity (Wildman–Crippen MR) is 67.3 cm³/mol. The van der Waals surface area contributed by atoms with E-state index in [9.17, 15) is 9.59 Å². The lowest BCUT2D eigenvalue weighted by molar-refractivity contribution is 0.0538. The third-order valence-electron chi connectivity index (χ3n) is 2.37. The van der Waals surface area contributed by atoms with E-state index in [0.29, 0.717) is 5.56 Å². The lowest BCUT2D eigenvalue weighted by atomic mass is 10.1. The third-order valence-corrected chi connectivity index (χ3v) is 2.37. The fraction of sp³-hybridized carbons (Fsp3) is 0.154. The molecule has 1 aromatic carbocycles. The molecule has 1 aromatic heterocycles. The topological polar surface area (TPSA) is 70.4 Å². The number of hydrogen-bond donors (Lipinski definition) is 0. The van der Waals surface area contributed by atoms with Crippen LogP contribution in [0.15, 0.2) is 47.3 Å². The van der Waals surface area contributed by atoms with Crippen LogP contribution in [0, 0.1) is 0 Å². The number of aromatic nitrogens is 2. The van der Waals surface area contributed by atoms with Crippen LogP contribution >= 0.6 is 0 Å². The van der Waals surface area contributed by atoms with Crippen LogP contribution in [0.1, 0.15) is 10.4 Å². The van der Waals surface area contributed by atoms with Crippen LogP contribution in [0.4, 0.5) is 0 Å². The van der Waals surface area contributed by atoms with Crippen LogP contribution in [0.25, 0.3) is 0 Å². The van der Waals surface area contributed by atoms with Crippen LogP contribution < -0.4 is 15.1 Å². The van der Waals surface area contributed by atoms with Crippen LogP contribution in [-0.4, -0.2) is 29.4 Å². The molecule has 0 saturated heterocycles. The molecule has 6 heteroatoms. The van der Waals surface area contributed by atoms with Gasteiger partial charge in [0.1, 0.15) is 0 Å². The number of Topliss-reactive ketones (excluding diaryl/α,β-unsaturated/α-hetero) is 1. The normalized spacial score (nSPS) is 9.95. The quantitative estimate of drug-likeness (QED) is 0.735. The van der Waals surface area contributed by atoms with Crippen molar-refractivity contribution in [2.45, 2.75) is 0 Å². The lowest BCUT2D eigenvalue weighted by Gasteiger charge is -2.07. The van der Waals surface area contributed by atoms with E-state index in [-0.39, 0.29) is 18.3 Å². The van der Waals surface area contributed by atoms with E-state index < -0.39 is 5.56 Å². The SMILES string of the molecule is COc1ccc(=O)n(OCC(=O)c2ccccc2)n1. The molecule has 6 nitrogen and oxygen atoms in total. The highest BCUT2D eigenvalue weighted by Gasteiger charge is 2.08. The Morgan fingerprint density at radius 3 is 2.63 bits per heavy atom. The van der Waals surface area contributed by atoms with E-state index >= 15 is 0 Å². The largest absolute Gasteiger partial charge is 0.480 e. The smallest absolute Gasteiger partial charge is 0.303 e. The first-order valence-corrected chi connectivity index (χ1v) is 5.56. The number of hydrogen-bond acceptors (Lipinski definition) is 5. The Balaban J connectivity index is 2.07. The van der Waals surface area contributed by atoms with E-state index in [2.05, 4.69) is 5.10 Å². The fourth-order valence-corrected chi connectivity index (χ4v) is 1.41. The maximum Gasteiger partial charge on any atom is 0.303 e. The van der Waals surface area contributed by atoms with Gasteiger partial charge in [-0.25, -0.2) is 0 Å². The Labute approximate surface area is 109 Å². The summed E-state index contributed by atoms with van der Waals surface area (Å²) in [4.78, 5) is 29.0. The first-order valence-electron chi connectivity index (χ1n) is 5.56. The maximum absolute atomic E-state index is 11.8. The Bertz CT molecular complexity index is 622. The van der Waals surface area contributed by atoms with Gasteiger partial charge in [0.05, 0.1) is 7.11 Å². The molecule has 0 aliphatic heterocycles. The number of carbonyl (C=O) groups is 1. The van der Waals surface area contributed by atoms with Crippen LogP contribution in [0.5, 0.6) is 5.88 Å². The minimum Gasteiger partial charge on any atom is -0.480 e. The van der Waals surface area contributed by atoms with Crippen molar-refractivity contribution in [2.75, 3.05) is 13.7 Å². The second-order valence-electron chi connectivity index (χ2n) is 3.65. The van der Waals surface area contributed by atoms with E-state index in [1.54, 1.807) is 24.3 Å². The summed E-state index contributed by atoms with van der Waals surface area (Å²) in [5.74, 6) is -0.0103. The second kappa shape index (κ2) is 5.81. The Morgan fingerprint density at radius 1 is 1.21 bits per heavy atom. The Kier molecular flexibility index (Phi) is 3.92. The second-order valence-corrected chi connectivity index (χ2v) is 3.65. The molecule has 2 rings (SSSR count). The number of methoxy groups -OCH3 is 1. The number of ether oxygens (including phenoxy) is 1. The molecular formula is C13H12N2O4. The van der Waals surface area contributed by atoms with Gasteiger partial charge < -0.3 is 9.57 Å². The summed E-state index contributed by atoms with van der Waals surface area (Å²) >= 11 is 0. The summed E-state index contributed by atoms with van der Waals surface area (Å²) in [7, 11) is 1.42. The van der Waals surface area contributed by atoms with Crippen molar-refractivity contribution in [2.24, 2.45) is 0 Å². The van der Waals surface area contributed by atoms with E-state index in [0.717, 1.165) is 4.85 Å². The van der Waals surface area contributed by atoms with Gasteiger partial charge in [0.25, 0.3) is 0 Å². The molecule has 0 spiro atoms. The molecule has 0 aliphatic rings. The maximum atomic E-state index is 11.8. The molecule has 0 amide bonds. The lowest BCUT2D eigenvalue weighted by Crippen LogP contribution is -2.31. The summed E-state index contributed by atoms with van der Waals surface area (Å²) in [5, 5.41) is 3.76. The average molecular weight is 260 g/mol. The number of rotatable bonds is 5. The van der Waals surface area contributed by atoms with Crippen molar-refractivity contribution in [1.29, 1.82) is 0 Å². The molecule has 98 valence electrons. The van der Waals surface area contributed by atoms with Gasteiger partial charge in [-0.3, -0.25) is 9.59 Å². The van der Waals surface area contributed by atoms with Crippen LogP contribution in [-0.2, 0) is 0 Å². The standard InChI is InChI=1S/C13H12N2O4/c1-18-12-7-8-13(17)15(14-12)19-9-11(16)10-5-3-2-4-6-10/h2-8H,9H2,1H3. The van der Waals surface area contributed by atoms with Crippen molar-refractivity contribution in [1.82, 2.24) is 9.94 Å². The molecule has 0 fully saturated rings. The van der Waals surface area contributed by atoms with Gasteiger partial charge in [-0.2, -0.15) is 0 Å². The van der Waals surface area contributed by atoms with Gasteiger partial charge in [-0.05, 0) is 0 Å². The molecule has 0 bridgehead atoms. The zero-order chi connectivity index (χ0) is 13.7. The number of carbonyl (C=O) groups excluding carboxylic acids is 1. The third kappa shape index (κ3) is 3.19. The Hall–Kier alpha value is -2.63. The fourth-order valence-electron chi connectivity index (χ4n) is 1.41. The van der Waals surface area contributed by atoms with Gasteiger partial charge in [-0.1, -0.05) is 40.3 Å². The summed E-state index contributed by atoms with van der Waals surface area (Å²) in [6, 6.07) is 11.3. The molecule has 0 unspecified atom stereocenters. The molecule has 2 aromatic rings. The molecule has 0 N–H and O–H groups in total. The van der Waals surface area contributed by atoms with E-state index in [4.69, 9.17) is 9.57 Å². The minimum atomic E-state index is -0.471. The van der Waals surface area contributed by atoms with Gasteiger partial charge >= 0.3 is 5.56 Å². The van der Waals surface area contributed by atoms with Crippen molar-refractivity contribution in [3.63, 3.8) is 0 Å². The summed E-state index contributed by atoms with van der Waals surface area (Å²) in [5.41, 5.74) is 0.0418. The zero-order valence-electron chi connectivity index (χ0n) is 10.3. The monoisotopic (exact) mass is 260 g/mol. The Morgan fingerprint density at radius 2 is 1.95 bits per heavy atom. The molecular weight excluding hydrogens is 248 g/mol. The molecule has 0 atom stereocenters. The zero-order valence-corrected chi connectivity index (χ0v) is 10.3. The van der Waals surface area contributed by atoms with Gasteiger partial charge in [0.2, 0.25) is 11.7 Å². The van der Waals surface area contributed by atoms with Gasteiger partial charge in [0.15, 0.2) is 6.61 Å². The van der Waals surface area contributed by atoms with Crippen LogP contribution in [0.2, 0.25) is 0 Å². The van der Waals surface area contributed by atoms with Crippen molar-refractivity contribution < 1.29 is 14.4 Å². The van der Waals surface area contributed by atoms with Gasteiger partial charge in [-0.15, -0.1) is 0 Å². The average Bonchev–Trinajstić information content (AvgIpc) is 2.47. The summed E-state index contributed by atoms with van der Waals surface area (Å²) in [6.45, 7) is -0.274. The van der Waals surface area contributed by atoms with Crippen molar-refractivity contribution in [3.05, 3.63) is 58.4 Å². The van der Waals surface area contributed by atoms with Crippen molar-refractivity contribution >= 4 is 5.78 Å². The molecule has 0 radical (unpaired) electrons. The molecule has 19 heavy (non-hydrogen) atoms. The molecule has 0 saturated carbocycles. The number of benzene rings is 1. The summed E-state index contributed by atoms with van der Waals surface area (Å²) < 4.78 is 4.87.